The third-order valence-corrected chi connectivity index (χ3v) is 5.12. The molecular formula is C21H23N3O2. The monoisotopic (exact) mass is 349 g/mol. The molecule has 1 aliphatic heterocycles. The van der Waals surface area contributed by atoms with E-state index in [1.165, 1.54) is 18.4 Å². The van der Waals surface area contributed by atoms with Crippen LogP contribution in [0.3, 0.4) is 0 Å². The number of methoxy groups -OCH3 is 1. The fourth-order valence-corrected chi connectivity index (χ4v) is 3.76. The molecule has 5 nitrogen and oxygen atoms in total. The standard InChI is InChI=1S/C21H23N3O2/c1-26-19-9-7-16(8-10-19)13-18-5-4-11-23(18)15-17-14-21(25)24-12-3-2-6-20(24)22-17/h2-3,6-10,12,14,18H,4-5,11,13,15H2,1H3/t18-/m0/s1. The smallest absolute Gasteiger partial charge is 0.258 e. The van der Waals surface area contributed by atoms with Crippen LogP contribution < -0.4 is 10.3 Å². The van der Waals surface area contributed by atoms with Crippen LogP contribution in [0.4, 0.5) is 0 Å². The highest BCUT2D eigenvalue weighted by molar-refractivity contribution is 5.38. The third kappa shape index (κ3) is 3.48. The van der Waals surface area contributed by atoms with E-state index in [4.69, 9.17) is 4.74 Å². The number of fused-ring (bicyclic) bond motifs is 1. The minimum atomic E-state index is -0.0171. The molecule has 26 heavy (non-hydrogen) atoms. The normalized spacial score (nSPS) is 17.7. The highest BCUT2D eigenvalue weighted by atomic mass is 16.5. The Balaban J connectivity index is 1.50. The quantitative estimate of drug-likeness (QED) is 0.711. The van der Waals surface area contributed by atoms with Crippen molar-refractivity contribution in [1.82, 2.24) is 14.3 Å². The molecule has 4 rings (SSSR count). The van der Waals surface area contributed by atoms with Crippen LogP contribution in [0.5, 0.6) is 5.75 Å². The lowest BCUT2D eigenvalue weighted by molar-refractivity contribution is 0.241. The number of hydrogen-bond donors (Lipinski definition) is 0. The van der Waals surface area contributed by atoms with E-state index in [0.29, 0.717) is 11.7 Å². The van der Waals surface area contributed by atoms with Crippen molar-refractivity contribution in [3.63, 3.8) is 0 Å². The summed E-state index contributed by atoms with van der Waals surface area (Å²) in [4.78, 5) is 19.4. The molecule has 1 aromatic carbocycles. The Hall–Kier alpha value is -2.66. The van der Waals surface area contributed by atoms with Gasteiger partial charge in [0.05, 0.1) is 12.8 Å². The van der Waals surface area contributed by atoms with Gasteiger partial charge in [0.2, 0.25) is 0 Å². The molecule has 1 saturated heterocycles. The van der Waals surface area contributed by atoms with Gasteiger partial charge in [-0.05, 0) is 55.6 Å². The van der Waals surface area contributed by atoms with Gasteiger partial charge in [-0.2, -0.15) is 0 Å². The molecule has 5 heteroatoms. The second kappa shape index (κ2) is 7.30. The van der Waals surface area contributed by atoms with Gasteiger partial charge in [0.25, 0.3) is 5.56 Å². The first-order chi connectivity index (χ1) is 12.7. The van der Waals surface area contributed by atoms with Gasteiger partial charge in [-0.25, -0.2) is 4.98 Å². The zero-order chi connectivity index (χ0) is 17.9. The van der Waals surface area contributed by atoms with E-state index in [0.717, 1.165) is 31.0 Å². The first-order valence-electron chi connectivity index (χ1n) is 9.07. The highest BCUT2D eigenvalue weighted by Crippen LogP contribution is 2.23. The first-order valence-corrected chi connectivity index (χ1v) is 9.07. The van der Waals surface area contributed by atoms with Gasteiger partial charge in [0, 0.05) is 24.8 Å². The van der Waals surface area contributed by atoms with E-state index in [1.807, 2.05) is 30.3 Å². The van der Waals surface area contributed by atoms with Crippen molar-refractivity contribution in [3.8, 4) is 5.75 Å². The Labute approximate surface area is 152 Å². The number of benzene rings is 1. The predicted molar refractivity (Wildman–Crippen MR) is 102 cm³/mol. The summed E-state index contributed by atoms with van der Waals surface area (Å²) in [5, 5.41) is 0. The molecule has 0 radical (unpaired) electrons. The van der Waals surface area contributed by atoms with E-state index >= 15 is 0 Å². The van der Waals surface area contributed by atoms with Crippen molar-refractivity contribution in [2.24, 2.45) is 0 Å². The zero-order valence-corrected chi connectivity index (χ0v) is 15.0. The van der Waals surface area contributed by atoms with Gasteiger partial charge in [0.15, 0.2) is 0 Å². The molecule has 3 heterocycles. The predicted octanol–water partition coefficient (Wildman–Crippen LogP) is 2.91. The third-order valence-electron chi connectivity index (χ3n) is 5.12. The van der Waals surface area contributed by atoms with Gasteiger partial charge >= 0.3 is 0 Å². The second-order valence-electron chi connectivity index (χ2n) is 6.83. The van der Waals surface area contributed by atoms with Crippen molar-refractivity contribution in [1.29, 1.82) is 0 Å². The summed E-state index contributed by atoms with van der Waals surface area (Å²) >= 11 is 0. The average Bonchev–Trinajstić information content (AvgIpc) is 3.09. The van der Waals surface area contributed by atoms with Crippen molar-refractivity contribution in [2.75, 3.05) is 13.7 Å². The Morgan fingerprint density at radius 1 is 1.19 bits per heavy atom. The van der Waals surface area contributed by atoms with Crippen molar-refractivity contribution >= 4 is 5.65 Å². The zero-order valence-electron chi connectivity index (χ0n) is 15.0. The summed E-state index contributed by atoms with van der Waals surface area (Å²) in [6.45, 7) is 1.78. The first kappa shape index (κ1) is 16.8. The Morgan fingerprint density at radius 2 is 2.04 bits per heavy atom. The minimum Gasteiger partial charge on any atom is -0.497 e. The van der Waals surface area contributed by atoms with Gasteiger partial charge in [-0.1, -0.05) is 18.2 Å². The molecular weight excluding hydrogens is 326 g/mol. The van der Waals surface area contributed by atoms with Crippen molar-refractivity contribution < 1.29 is 4.74 Å². The van der Waals surface area contributed by atoms with E-state index in [9.17, 15) is 4.79 Å². The van der Waals surface area contributed by atoms with Crippen LogP contribution in [0, 0.1) is 0 Å². The lowest BCUT2D eigenvalue weighted by atomic mass is 10.0. The maximum atomic E-state index is 12.3. The Bertz CT molecular complexity index is 949. The van der Waals surface area contributed by atoms with Gasteiger partial charge in [0.1, 0.15) is 11.4 Å². The number of rotatable bonds is 5. The van der Waals surface area contributed by atoms with Crippen molar-refractivity contribution in [2.45, 2.75) is 31.8 Å². The molecule has 0 unspecified atom stereocenters. The summed E-state index contributed by atoms with van der Waals surface area (Å²) in [6.07, 6.45) is 5.14. The largest absolute Gasteiger partial charge is 0.497 e. The van der Waals surface area contributed by atoms with Crippen LogP contribution in [0.15, 0.2) is 59.5 Å². The van der Waals surface area contributed by atoms with Gasteiger partial charge in [-0.15, -0.1) is 0 Å². The number of ether oxygens (including phenoxy) is 1. The number of hydrogen-bond acceptors (Lipinski definition) is 4. The van der Waals surface area contributed by atoms with Crippen LogP contribution in [0.2, 0.25) is 0 Å². The fourth-order valence-electron chi connectivity index (χ4n) is 3.76. The molecule has 1 atom stereocenters. The van der Waals surface area contributed by atoms with Crippen LogP contribution in [0.25, 0.3) is 5.65 Å². The summed E-state index contributed by atoms with van der Waals surface area (Å²) in [5.41, 5.74) is 2.86. The Morgan fingerprint density at radius 3 is 2.85 bits per heavy atom. The average molecular weight is 349 g/mol. The fraction of sp³-hybridized carbons (Fsp3) is 0.333. The summed E-state index contributed by atoms with van der Waals surface area (Å²) in [7, 11) is 1.69. The second-order valence-corrected chi connectivity index (χ2v) is 6.83. The number of likely N-dealkylation sites (tertiary alicyclic amines) is 1. The number of aromatic nitrogens is 2. The van der Waals surface area contributed by atoms with E-state index in [-0.39, 0.29) is 5.56 Å². The molecule has 134 valence electrons. The SMILES string of the molecule is COc1ccc(C[C@@H]2CCCN2Cc2cc(=O)n3ccccc3n2)cc1. The highest BCUT2D eigenvalue weighted by Gasteiger charge is 2.25. The van der Waals surface area contributed by atoms with E-state index in [2.05, 4.69) is 22.0 Å². The summed E-state index contributed by atoms with van der Waals surface area (Å²) < 4.78 is 6.82. The minimum absolute atomic E-state index is 0.0171. The molecule has 2 aromatic heterocycles. The van der Waals surface area contributed by atoms with E-state index < -0.39 is 0 Å². The molecule has 0 N–H and O–H groups in total. The lowest BCUT2D eigenvalue weighted by Crippen LogP contribution is -2.31. The molecule has 0 amide bonds. The van der Waals surface area contributed by atoms with Crippen LogP contribution in [-0.2, 0) is 13.0 Å². The van der Waals surface area contributed by atoms with Gasteiger partial charge in [-0.3, -0.25) is 14.1 Å². The van der Waals surface area contributed by atoms with E-state index in [1.54, 1.807) is 23.8 Å². The molecule has 0 spiro atoms. The van der Waals surface area contributed by atoms with Gasteiger partial charge < -0.3 is 4.74 Å². The lowest BCUT2D eigenvalue weighted by Gasteiger charge is -2.24. The Kier molecular flexibility index (Phi) is 4.71. The molecule has 1 aliphatic rings. The van der Waals surface area contributed by atoms with Crippen LogP contribution >= 0.6 is 0 Å². The molecule has 0 bridgehead atoms. The van der Waals surface area contributed by atoms with Crippen LogP contribution in [-0.4, -0.2) is 34.0 Å². The molecule has 0 saturated carbocycles. The summed E-state index contributed by atoms with van der Waals surface area (Å²) in [6, 6.07) is 16.1. The van der Waals surface area contributed by atoms with Crippen LogP contribution in [0.1, 0.15) is 24.1 Å². The number of pyridine rings is 1. The number of nitrogens with zero attached hydrogens (tertiary/aromatic N) is 3. The summed E-state index contributed by atoms with van der Waals surface area (Å²) in [5.74, 6) is 0.887. The maximum absolute atomic E-state index is 12.3. The van der Waals surface area contributed by atoms with Crippen molar-refractivity contribution in [3.05, 3.63) is 76.3 Å². The maximum Gasteiger partial charge on any atom is 0.258 e. The topological polar surface area (TPSA) is 46.8 Å². The molecule has 1 fully saturated rings. The molecule has 3 aromatic rings. The molecule has 0 aliphatic carbocycles.